The molecule has 0 fully saturated rings. The van der Waals surface area contributed by atoms with Crippen LogP contribution in [0.25, 0.3) is 0 Å². The smallest absolute Gasteiger partial charge is 0.343 e. The standard InChI is InChI=1S/C16H21N3O2/c1-4-21-16(20)13-14(11(2)3)18-19(15(13)17)10-12-8-6-5-7-9-12/h5-9,11H,4,10,17H2,1-3H3. The summed E-state index contributed by atoms with van der Waals surface area (Å²) in [6, 6.07) is 9.88. The fourth-order valence-corrected chi connectivity index (χ4v) is 2.19. The molecule has 0 saturated carbocycles. The lowest BCUT2D eigenvalue weighted by Gasteiger charge is -2.05. The van der Waals surface area contributed by atoms with Gasteiger partial charge in [0.1, 0.15) is 11.4 Å². The van der Waals surface area contributed by atoms with E-state index in [9.17, 15) is 4.79 Å². The first-order chi connectivity index (χ1) is 10.0. The van der Waals surface area contributed by atoms with Gasteiger partial charge in [0.25, 0.3) is 0 Å². The van der Waals surface area contributed by atoms with Gasteiger partial charge in [0.15, 0.2) is 0 Å². The molecule has 5 nitrogen and oxygen atoms in total. The summed E-state index contributed by atoms with van der Waals surface area (Å²) < 4.78 is 6.75. The highest BCUT2D eigenvalue weighted by molar-refractivity contribution is 5.95. The fraction of sp³-hybridized carbons (Fsp3) is 0.375. The lowest BCUT2D eigenvalue weighted by atomic mass is 10.1. The number of aromatic nitrogens is 2. The Hall–Kier alpha value is -2.30. The summed E-state index contributed by atoms with van der Waals surface area (Å²) in [6.07, 6.45) is 0. The maximum absolute atomic E-state index is 12.1. The van der Waals surface area contributed by atoms with Gasteiger partial charge >= 0.3 is 5.97 Å². The molecule has 0 saturated heterocycles. The number of carbonyl (C=O) groups is 1. The van der Waals surface area contributed by atoms with E-state index < -0.39 is 5.97 Å². The zero-order chi connectivity index (χ0) is 15.4. The molecule has 1 heterocycles. The first-order valence-electron chi connectivity index (χ1n) is 7.11. The topological polar surface area (TPSA) is 70.1 Å². The van der Waals surface area contributed by atoms with Crippen LogP contribution in [0.1, 0.15) is 48.3 Å². The first-order valence-corrected chi connectivity index (χ1v) is 7.11. The second-order valence-corrected chi connectivity index (χ2v) is 5.16. The van der Waals surface area contributed by atoms with Crippen molar-refractivity contribution >= 4 is 11.8 Å². The van der Waals surface area contributed by atoms with Crippen LogP contribution in [-0.2, 0) is 11.3 Å². The van der Waals surface area contributed by atoms with Crippen LogP contribution >= 0.6 is 0 Å². The van der Waals surface area contributed by atoms with Crippen molar-refractivity contribution < 1.29 is 9.53 Å². The lowest BCUT2D eigenvalue weighted by Crippen LogP contribution is -2.11. The first kappa shape index (κ1) is 15.1. The average molecular weight is 287 g/mol. The fourth-order valence-electron chi connectivity index (χ4n) is 2.19. The van der Waals surface area contributed by atoms with Gasteiger partial charge in [-0.15, -0.1) is 0 Å². The summed E-state index contributed by atoms with van der Waals surface area (Å²) in [4.78, 5) is 12.1. The van der Waals surface area contributed by atoms with E-state index in [0.29, 0.717) is 30.2 Å². The molecular formula is C16H21N3O2. The number of carbonyl (C=O) groups excluding carboxylic acids is 1. The Balaban J connectivity index is 2.39. The van der Waals surface area contributed by atoms with Crippen LogP contribution in [0, 0.1) is 0 Å². The molecule has 0 aliphatic carbocycles. The molecule has 2 aromatic rings. The molecule has 0 radical (unpaired) electrons. The van der Waals surface area contributed by atoms with Crippen LogP contribution in [0.2, 0.25) is 0 Å². The average Bonchev–Trinajstić information content (AvgIpc) is 2.78. The summed E-state index contributed by atoms with van der Waals surface area (Å²) >= 11 is 0. The lowest BCUT2D eigenvalue weighted by molar-refractivity contribution is 0.0526. The van der Waals surface area contributed by atoms with Gasteiger partial charge in [-0.05, 0) is 18.4 Å². The zero-order valence-electron chi connectivity index (χ0n) is 12.7. The molecule has 21 heavy (non-hydrogen) atoms. The number of ether oxygens (including phenoxy) is 1. The number of hydrogen-bond donors (Lipinski definition) is 1. The van der Waals surface area contributed by atoms with Gasteiger partial charge in [0.2, 0.25) is 0 Å². The molecule has 0 amide bonds. The van der Waals surface area contributed by atoms with Gasteiger partial charge < -0.3 is 10.5 Å². The summed E-state index contributed by atoms with van der Waals surface area (Å²) in [7, 11) is 0. The highest BCUT2D eigenvalue weighted by Crippen LogP contribution is 2.25. The molecule has 0 aliphatic rings. The third kappa shape index (κ3) is 3.24. The van der Waals surface area contributed by atoms with E-state index in [0.717, 1.165) is 5.56 Å². The largest absolute Gasteiger partial charge is 0.462 e. The van der Waals surface area contributed by atoms with Crippen molar-refractivity contribution in [1.82, 2.24) is 9.78 Å². The van der Waals surface area contributed by atoms with Gasteiger partial charge in [0, 0.05) is 0 Å². The molecule has 0 atom stereocenters. The Morgan fingerprint density at radius 1 is 1.33 bits per heavy atom. The van der Waals surface area contributed by atoms with E-state index in [1.165, 1.54) is 0 Å². The Kier molecular flexibility index (Phi) is 4.62. The normalized spacial score (nSPS) is 10.9. The van der Waals surface area contributed by atoms with Gasteiger partial charge in [-0.25, -0.2) is 9.48 Å². The van der Waals surface area contributed by atoms with E-state index in [2.05, 4.69) is 5.10 Å². The molecule has 112 valence electrons. The van der Waals surface area contributed by atoms with Crippen molar-refractivity contribution in [2.24, 2.45) is 0 Å². The second kappa shape index (κ2) is 6.43. The molecule has 0 unspecified atom stereocenters. The number of nitrogen functional groups attached to an aromatic ring is 1. The minimum Gasteiger partial charge on any atom is -0.462 e. The SMILES string of the molecule is CCOC(=O)c1c(C(C)C)nn(Cc2ccccc2)c1N. The van der Waals surface area contributed by atoms with Crippen molar-refractivity contribution in [2.75, 3.05) is 12.3 Å². The minimum atomic E-state index is -0.405. The quantitative estimate of drug-likeness (QED) is 0.858. The predicted octanol–water partition coefficient (Wildman–Crippen LogP) is 2.81. The maximum Gasteiger partial charge on any atom is 0.343 e. The predicted molar refractivity (Wildman–Crippen MR) is 82.2 cm³/mol. The van der Waals surface area contributed by atoms with Crippen LogP contribution in [0.3, 0.4) is 0 Å². The third-order valence-electron chi connectivity index (χ3n) is 3.22. The van der Waals surface area contributed by atoms with Crippen molar-refractivity contribution in [3.05, 3.63) is 47.2 Å². The number of hydrogen-bond acceptors (Lipinski definition) is 4. The van der Waals surface area contributed by atoms with Crippen molar-refractivity contribution in [2.45, 2.75) is 33.2 Å². The van der Waals surface area contributed by atoms with E-state index in [-0.39, 0.29) is 5.92 Å². The van der Waals surface area contributed by atoms with E-state index in [1.807, 2.05) is 44.2 Å². The van der Waals surface area contributed by atoms with Gasteiger partial charge in [-0.2, -0.15) is 5.10 Å². The molecule has 5 heteroatoms. The van der Waals surface area contributed by atoms with Crippen LogP contribution < -0.4 is 5.73 Å². The number of nitrogens with zero attached hydrogens (tertiary/aromatic N) is 2. The van der Waals surface area contributed by atoms with E-state index >= 15 is 0 Å². The molecule has 1 aromatic carbocycles. The zero-order valence-corrected chi connectivity index (χ0v) is 12.7. The Morgan fingerprint density at radius 3 is 2.57 bits per heavy atom. The Morgan fingerprint density at radius 2 is 2.00 bits per heavy atom. The second-order valence-electron chi connectivity index (χ2n) is 5.16. The summed E-state index contributed by atoms with van der Waals surface area (Å²) in [5.41, 5.74) is 8.28. The molecule has 2 rings (SSSR count). The molecular weight excluding hydrogens is 266 g/mol. The minimum absolute atomic E-state index is 0.101. The Bertz CT molecular complexity index is 618. The number of benzene rings is 1. The third-order valence-corrected chi connectivity index (χ3v) is 3.22. The van der Waals surface area contributed by atoms with Crippen LogP contribution in [0.15, 0.2) is 30.3 Å². The summed E-state index contributed by atoms with van der Waals surface area (Å²) in [6.45, 7) is 6.59. The number of esters is 1. The number of rotatable bonds is 5. The van der Waals surface area contributed by atoms with Gasteiger partial charge in [-0.3, -0.25) is 0 Å². The van der Waals surface area contributed by atoms with Crippen LogP contribution in [-0.4, -0.2) is 22.4 Å². The van der Waals surface area contributed by atoms with Crippen molar-refractivity contribution in [3.63, 3.8) is 0 Å². The summed E-state index contributed by atoms with van der Waals surface area (Å²) in [5, 5.41) is 4.50. The molecule has 0 aliphatic heterocycles. The molecule has 0 bridgehead atoms. The Labute approximate surface area is 124 Å². The monoisotopic (exact) mass is 287 g/mol. The number of anilines is 1. The molecule has 0 spiro atoms. The van der Waals surface area contributed by atoms with E-state index in [1.54, 1.807) is 11.6 Å². The van der Waals surface area contributed by atoms with Gasteiger partial charge in [-0.1, -0.05) is 44.2 Å². The molecule has 2 N–H and O–H groups in total. The molecule has 1 aromatic heterocycles. The van der Waals surface area contributed by atoms with Gasteiger partial charge in [0.05, 0.1) is 18.8 Å². The number of nitrogens with two attached hydrogens (primary N) is 1. The van der Waals surface area contributed by atoms with Crippen LogP contribution in [0.5, 0.6) is 0 Å². The summed E-state index contributed by atoms with van der Waals surface area (Å²) in [5.74, 6) is 0.0581. The maximum atomic E-state index is 12.1. The highest BCUT2D eigenvalue weighted by Gasteiger charge is 2.24. The highest BCUT2D eigenvalue weighted by atomic mass is 16.5. The van der Waals surface area contributed by atoms with Crippen LogP contribution in [0.4, 0.5) is 5.82 Å². The van der Waals surface area contributed by atoms with E-state index in [4.69, 9.17) is 10.5 Å². The van der Waals surface area contributed by atoms with Crippen molar-refractivity contribution in [3.8, 4) is 0 Å². The van der Waals surface area contributed by atoms with Crippen molar-refractivity contribution in [1.29, 1.82) is 0 Å².